The van der Waals surface area contributed by atoms with E-state index in [2.05, 4.69) is 0 Å². The van der Waals surface area contributed by atoms with E-state index >= 15 is 0 Å². The zero-order valence-corrected chi connectivity index (χ0v) is 14.6. The maximum Gasteiger partial charge on any atom is 0.324 e. The fourth-order valence-corrected chi connectivity index (χ4v) is 6.07. The summed E-state index contributed by atoms with van der Waals surface area (Å²) in [6.07, 6.45) is 3.77. The lowest BCUT2D eigenvalue weighted by Gasteiger charge is -2.32. The van der Waals surface area contributed by atoms with Gasteiger partial charge in [0.05, 0.1) is 12.0 Å². The van der Waals surface area contributed by atoms with Crippen LogP contribution < -0.4 is 0 Å². The summed E-state index contributed by atoms with van der Waals surface area (Å²) in [5.41, 5.74) is -0.481. The Morgan fingerprint density at radius 3 is 2.64 bits per heavy atom. The normalized spacial score (nSPS) is 26.8. The van der Waals surface area contributed by atoms with E-state index in [0.29, 0.717) is 12.8 Å². The minimum atomic E-state index is -4.20. The van der Waals surface area contributed by atoms with Gasteiger partial charge in [-0.15, -0.1) is 0 Å². The number of nitro groups is 1. The molecule has 1 aliphatic heterocycles. The Balaban J connectivity index is 2.10. The second kappa shape index (κ2) is 6.72. The van der Waals surface area contributed by atoms with Crippen LogP contribution in [0.4, 0.5) is 5.69 Å². The van der Waals surface area contributed by atoms with Crippen molar-refractivity contribution in [2.45, 2.75) is 49.1 Å². The van der Waals surface area contributed by atoms with Gasteiger partial charge in [0.25, 0.3) is 15.7 Å². The van der Waals surface area contributed by atoms with Crippen LogP contribution in [-0.2, 0) is 19.6 Å². The summed E-state index contributed by atoms with van der Waals surface area (Å²) in [5.74, 6) is -0.535. The molecule has 1 aliphatic carbocycles. The number of esters is 1. The molecule has 1 aromatic carbocycles. The molecule has 0 aromatic heterocycles. The smallest absolute Gasteiger partial charge is 0.324 e. The number of hydrogen-bond donors (Lipinski definition) is 0. The van der Waals surface area contributed by atoms with Crippen LogP contribution in [0, 0.1) is 16.0 Å². The number of para-hydroxylation sites is 1. The SMILES string of the molecule is COC(=O)C1CC2CCCCC2N1S(=O)(=O)c1ccccc1[N+](=O)[O-]. The van der Waals surface area contributed by atoms with E-state index in [0.717, 1.165) is 25.3 Å². The van der Waals surface area contributed by atoms with E-state index in [-0.39, 0.29) is 16.9 Å². The van der Waals surface area contributed by atoms with Gasteiger partial charge < -0.3 is 4.74 Å². The predicted octanol–water partition coefficient (Wildman–Crippen LogP) is 2.09. The van der Waals surface area contributed by atoms with Crippen molar-refractivity contribution in [3.8, 4) is 0 Å². The summed E-state index contributed by atoms with van der Waals surface area (Å²) in [6.45, 7) is 0. The summed E-state index contributed by atoms with van der Waals surface area (Å²) >= 11 is 0. The van der Waals surface area contributed by atoms with Crippen LogP contribution in [0.15, 0.2) is 29.2 Å². The molecule has 0 bridgehead atoms. The average Bonchev–Trinajstić information content (AvgIpc) is 3.01. The summed E-state index contributed by atoms with van der Waals surface area (Å²) in [5, 5.41) is 11.3. The molecule has 0 radical (unpaired) electrons. The largest absolute Gasteiger partial charge is 0.468 e. The number of nitro benzene ring substituents is 1. The summed E-state index contributed by atoms with van der Waals surface area (Å²) in [4.78, 5) is 22.4. The average molecular weight is 368 g/mol. The lowest BCUT2D eigenvalue weighted by atomic mass is 9.85. The minimum Gasteiger partial charge on any atom is -0.468 e. The molecule has 9 heteroatoms. The predicted molar refractivity (Wildman–Crippen MR) is 88.3 cm³/mol. The van der Waals surface area contributed by atoms with Gasteiger partial charge in [0.15, 0.2) is 4.90 Å². The number of nitrogens with zero attached hydrogens (tertiary/aromatic N) is 2. The quantitative estimate of drug-likeness (QED) is 0.457. The van der Waals surface area contributed by atoms with Gasteiger partial charge >= 0.3 is 5.97 Å². The first kappa shape index (κ1) is 17.8. The van der Waals surface area contributed by atoms with E-state index < -0.39 is 32.6 Å². The van der Waals surface area contributed by atoms with Gasteiger partial charge in [-0.05, 0) is 31.2 Å². The Bertz CT molecular complexity index is 794. The Hall–Kier alpha value is -2.00. The van der Waals surface area contributed by atoms with Crippen molar-refractivity contribution in [1.29, 1.82) is 0 Å². The number of methoxy groups -OCH3 is 1. The van der Waals surface area contributed by atoms with E-state index in [1.54, 1.807) is 0 Å². The third kappa shape index (κ3) is 3.02. The van der Waals surface area contributed by atoms with Gasteiger partial charge in [-0.25, -0.2) is 8.42 Å². The fraction of sp³-hybridized carbons (Fsp3) is 0.562. The van der Waals surface area contributed by atoms with Crippen molar-refractivity contribution in [2.75, 3.05) is 7.11 Å². The van der Waals surface area contributed by atoms with Crippen LogP contribution in [0.1, 0.15) is 32.1 Å². The lowest BCUT2D eigenvalue weighted by Crippen LogP contribution is -2.46. The third-order valence-corrected chi connectivity index (χ3v) is 7.10. The number of carbonyl (C=O) groups is 1. The van der Waals surface area contributed by atoms with Gasteiger partial charge in [0.2, 0.25) is 0 Å². The molecule has 25 heavy (non-hydrogen) atoms. The van der Waals surface area contributed by atoms with E-state index in [4.69, 9.17) is 4.74 Å². The number of ether oxygens (including phenoxy) is 1. The van der Waals surface area contributed by atoms with Crippen LogP contribution in [0.25, 0.3) is 0 Å². The molecular formula is C16H20N2O6S. The molecule has 1 aromatic rings. The van der Waals surface area contributed by atoms with E-state index in [1.165, 1.54) is 29.6 Å². The Morgan fingerprint density at radius 2 is 1.96 bits per heavy atom. The van der Waals surface area contributed by atoms with Gasteiger partial charge in [-0.3, -0.25) is 14.9 Å². The minimum absolute atomic E-state index is 0.0791. The van der Waals surface area contributed by atoms with Gasteiger partial charge in [0.1, 0.15) is 6.04 Å². The maximum absolute atomic E-state index is 13.3. The third-order valence-electron chi connectivity index (χ3n) is 5.12. The van der Waals surface area contributed by atoms with Crippen LogP contribution in [-0.4, -0.2) is 42.8 Å². The standard InChI is InChI=1S/C16H20N2O6S/c1-24-16(19)14-10-11-6-2-3-7-12(11)17(14)25(22,23)15-9-5-4-8-13(15)18(20)21/h4-5,8-9,11-12,14H,2-3,6-7,10H2,1H3. The van der Waals surface area contributed by atoms with E-state index in [9.17, 15) is 23.3 Å². The molecule has 136 valence electrons. The van der Waals surface area contributed by atoms with Crippen molar-refractivity contribution in [1.82, 2.24) is 4.31 Å². The van der Waals surface area contributed by atoms with Crippen molar-refractivity contribution >= 4 is 21.7 Å². The molecule has 3 rings (SSSR count). The first-order chi connectivity index (χ1) is 11.9. The Labute approximate surface area is 146 Å². The Kier molecular flexibility index (Phi) is 4.79. The highest BCUT2D eigenvalue weighted by atomic mass is 32.2. The summed E-state index contributed by atoms with van der Waals surface area (Å²) < 4.78 is 32.5. The van der Waals surface area contributed by atoms with Gasteiger partial charge in [-0.1, -0.05) is 25.0 Å². The topological polar surface area (TPSA) is 107 Å². The molecule has 8 nitrogen and oxygen atoms in total. The molecule has 0 N–H and O–H groups in total. The first-order valence-corrected chi connectivity index (χ1v) is 9.66. The van der Waals surface area contributed by atoms with Crippen LogP contribution >= 0.6 is 0 Å². The molecule has 3 unspecified atom stereocenters. The zero-order chi connectivity index (χ0) is 18.2. The molecule has 3 atom stereocenters. The summed E-state index contributed by atoms with van der Waals surface area (Å²) in [7, 11) is -2.98. The van der Waals surface area contributed by atoms with Crippen molar-refractivity contribution in [3.05, 3.63) is 34.4 Å². The number of hydrogen-bond acceptors (Lipinski definition) is 6. The number of rotatable bonds is 4. The molecule has 0 spiro atoms. The van der Waals surface area contributed by atoms with Crippen molar-refractivity contribution < 1.29 is 22.9 Å². The molecule has 1 saturated heterocycles. The second-order valence-electron chi connectivity index (χ2n) is 6.45. The van der Waals surface area contributed by atoms with Crippen LogP contribution in [0.3, 0.4) is 0 Å². The highest BCUT2D eigenvalue weighted by Gasteiger charge is 2.52. The monoisotopic (exact) mass is 368 g/mol. The van der Waals surface area contributed by atoms with Crippen molar-refractivity contribution in [2.24, 2.45) is 5.92 Å². The number of sulfonamides is 1. The molecule has 2 fully saturated rings. The molecule has 0 amide bonds. The fourth-order valence-electron chi connectivity index (χ4n) is 4.04. The Morgan fingerprint density at radius 1 is 1.28 bits per heavy atom. The molecule has 2 aliphatic rings. The second-order valence-corrected chi connectivity index (χ2v) is 8.26. The number of carbonyl (C=O) groups excluding carboxylic acids is 1. The van der Waals surface area contributed by atoms with Gasteiger partial charge in [0, 0.05) is 12.1 Å². The van der Waals surface area contributed by atoms with E-state index in [1.807, 2.05) is 0 Å². The molecule has 1 heterocycles. The molecule has 1 saturated carbocycles. The highest BCUT2D eigenvalue weighted by molar-refractivity contribution is 7.89. The van der Waals surface area contributed by atoms with Gasteiger partial charge in [-0.2, -0.15) is 4.31 Å². The highest BCUT2D eigenvalue weighted by Crippen LogP contribution is 2.44. The molecular weight excluding hydrogens is 348 g/mol. The zero-order valence-electron chi connectivity index (χ0n) is 13.8. The van der Waals surface area contributed by atoms with Crippen LogP contribution in [0.5, 0.6) is 0 Å². The number of fused-ring (bicyclic) bond motifs is 1. The summed E-state index contributed by atoms with van der Waals surface area (Å²) in [6, 6.07) is 4.00. The van der Waals surface area contributed by atoms with Crippen LogP contribution in [0.2, 0.25) is 0 Å². The lowest BCUT2D eigenvalue weighted by molar-refractivity contribution is -0.387. The first-order valence-electron chi connectivity index (χ1n) is 8.22. The number of benzene rings is 1. The van der Waals surface area contributed by atoms with Crippen molar-refractivity contribution in [3.63, 3.8) is 0 Å². The maximum atomic E-state index is 13.3.